The fourth-order valence-electron chi connectivity index (χ4n) is 3.25. The van der Waals surface area contributed by atoms with Crippen LogP contribution < -0.4 is 11.1 Å². The quantitative estimate of drug-likeness (QED) is 0.342. The number of carbonyl (C=O) groups is 3. The molecule has 148 valence electrons. The number of carbonyl (C=O) groups excluding carboxylic acids is 3. The molecular weight excluding hydrogens is 388 g/mol. The van der Waals surface area contributed by atoms with Crippen LogP contribution in [0.2, 0.25) is 0 Å². The zero-order valence-electron chi connectivity index (χ0n) is 16.1. The van der Waals surface area contributed by atoms with Crippen LogP contribution in [-0.4, -0.2) is 38.8 Å². The Morgan fingerprint density at radius 2 is 1.90 bits per heavy atom. The van der Waals surface area contributed by atoms with Gasteiger partial charge in [0, 0.05) is 29.2 Å². The number of hydrogen-bond donors (Lipinski definition) is 2. The maximum Gasteiger partial charge on any atom is 0.265 e. The molecule has 7 nitrogen and oxygen atoms in total. The average Bonchev–Trinajstić information content (AvgIpc) is 2.95. The van der Waals surface area contributed by atoms with Crippen molar-refractivity contribution in [2.24, 2.45) is 5.73 Å². The van der Waals surface area contributed by atoms with Crippen molar-refractivity contribution < 1.29 is 14.4 Å². The lowest BCUT2D eigenvalue weighted by Crippen LogP contribution is -2.53. The molecule has 2 aromatic rings. The molecule has 1 aromatic heterocycles. The number of aromatic nitrogens is 1. The van der Waals surface area contributed by atoms with Crippen LogP contribution in [0.25, 0.3) is 11.8 Å². The van der Waals surface area contributed by atoms with Crippen molar-refractivity contribution in [3.8, 4) is 5.69 Å². The molecule has 1 aliphatic heterocycles. The van der Waals surface area contributed by atoms with Crippen LogP contribution in [0.1, 0.15) is 27.3 Å². The number of aryl methyl sites for hydroxylation is 1. The summed E-state index contributed by atoms with van der Waals surface area (Å²) in [6.07, 6.45) is 3.10. The summed E-state index contributed by atoms with van der Waals surface area (Å²) in [7, 11) is 0. The lowest BCUT2D eigenvalue weighted by atomic mass is 10.1. The predicted molar refractivity (Wildman–Crippen MR) is 114 cm³/mol. The zero-order valence-corrected chi connectivity index (χ0v) is 16.9. The van der Waals surface area contributed by atoms with Crippen molar-refractivity contribution in [3.63, 3.8) is 0 Å². The second-order valence-corrected chi connectivity index (χ2v) is 6.98. The highest BCUT2D eigenvalue weighted by Gasteiger charge is 2.32. The Labute approximate surface area is 173 Å². The number of hydrogen-bond acceptors (Lipinski definition) is 4. The third-order valence-electron chi connectivity index (χ3n) is 4.68. The van der Waals surface area contributed by atoms with Gasteiger partial charge in [-0.3, -0.25) is 24.6 Å². The first kappa shape index (κ1) is 20.2. The van der Waals surface area contributed by atoms with Crippen molar-refractivity contribution in [1.82, 2.24) is 14.8 Å². The Morgan fingerprint density at radius 3 is 2.48 bits per heavy atom. The lowest BCUT2D eigenvalue weighted by molar-refractivity contribution is -0.128. The summed E-state index contributed by atoms with van der Waals surface area (Å²) in [5.41, 5.74) is 9.03. The molecule has 1 aliphatic rings. The Kier molecular flexibility index (Phi) is 5.47. The Hall–Kier alpha value is -3.52. The van der Waals surface area contributed by atoms with Gasteiger partial charge in [-0.25, -0.2) is 0 Å². The highest BCUT2D eigenvalue weighted by Crippen LogP contribution is 2.24. The monoisotopic (exact) mass is 408 g/mol. The van der Waals surface area contributed by atoms with Gasteiger partial charge in [0.25, 0.3) is 11.8 Å². The number of benzene rings is 1. The van der Waals surface area contributed by atoms with Gasteiger partial charge >= 0.3 is 0 Å². The second kappa shape index (κ2) is 7.84. The SMILES string of the molecule is C=CCN1C(=O)/C(=C/c2cc(C)n(-c3ccc(C(N)=O)cc3)c2C)C(=O)NC1=S. The maximum atomic E-state index is 12.7. The fraction of sp³-hybridized carbons (Fsp3) is 0.143. The molecule has 0 unspecified atom stereocenters. The summed E-state index contributed by atoms with van der Waals surface area (Å²) in [5, 5.41) is 2.60. The minimum absolute atomic E-state index is 0.00442. The van der Waals surface area contributed by atoms with Gasteiger partial charge in [0.15, 0.2) is 5.11 Å². The number of nitrogens with one attached hydrogen (secondary N) is 1. The highest BCUT2D eigenvalue weighted by molar-refractivity contribution is 7.80. The number of thiocarbonyl (C=S) groups is 1. The molecule has 0 radical (unpaired) electrons. The van der Waals surface area contributed by atoms with E-state index >= 15 is 0 Å². The van der Waals surface area contributed by atoms with Crippen LogP contribution in [0, 0.1) is 13.8 Å². The molecule has 1 fully saturated rings. The van der Waals surface area contributed by atoms with Crippen LogP contribution in [0.15, 0.2) is 48.6 Å². The van der Waals surface area contributed by atoms with Gasteiger partial charge in [0.05, 0.1) is 0 Å². The van der Waals surface area contributed by atoms with E-state index in [1.807, 2.05) is 24.5 Å². The van der Waals surface area contributed by atoms with Gasteiger partial charge in [-0.1, -0.05) is 6.08 Å². The first-order valence-corrected chi connectivity index (χ1v) is 9.24. The summed E-state index contributed by atoms with van der Waals surface area (Å²) < 4.78 is 1.97. The van der Waals surface area contributed by atoms with E-state index in [2.05, 4.69) is 11.9 Å². The molecule has 3 N–H and O–H groups in total. The van der Waals surface area contributed by atoms with Gasteiger partial charge in [-0.15, -0.1) is 6.58 Å². The number of nitrogens with zero attached hydrogens (tertiary/aromatic N) is 2. The molecule has 1 saturated heterocycles. The molecule has 0 aliphatic carbocycles. The zero-order chi connectivity index (χ0) is 21.3. The van der Waals surface area contributed by atoms with Gasteiger partial charge < -0.3 is 10.3 Å². The smallest absolute Gasteiger partial charge is 0.265 e. The number of rotatable bonds is 5. The molecule has 8 heteroatoms. The Bertz CT molecular complexity index is 1080. The van der Waals surface area contributed by atoms with Crippen LogP contribution in [-0.2, 0) is 9.59 Å². The highest BCUT2D eigenvalue weighted by atomic mass is 32.1. The molecule has 1 aromatic carbocycles. The second-order valence-electron chi connectivity index (χ2n) is 6.59. The number of nitrogens with two attached hydrogens (primary N) is 1. The molecule has 2 heterocycles. The van der Waals surface area contributed by atoms with E-state index in [1.165, 1.54) is 4.90 Å². The Morgan fingerprint density at radius 1 is 1.24 bits per heavy atom. The summed E-state index contributed by atoms with van der Waals surface area (Å²) >= 11 is 5.07. The summed E-state index contributed by atoms with van der Waals surface area (Å²) in [4.78, 5) is 37.7. The van der Waals surface area contributed by atoms with Crippen molar-refractivity contribution in [1.29, 1.82) is 0 Å². The van der Waals surface area contributed by atoms with E-state index in [0.29, 0.717) is 5.56 Å². The van der Waals surface area contributed by atoms with E-state index in [0.717, 1.165) is 22.6 Å². The van der Waals surface area contributed by atoms with Crippen LogP contribution >= 0.6 is 12.2 Å². The van der Waals surface area contributed by atoms with Crippen molar-refractivity contribution >= 4 is 41.1 Å². The Balaban J connectivity index is 2.02. The van der Waals surface area contributed by atoms with E-state index in [9.17, 15) is 14.4 Å². The maximum absolute atomic E-state index is 12.7. The largest absolute Gasteiger partial charge is 0.366 e. The van der Waals surface area contributed by atoms with E-state index in [1.54, 1.807) is 36.4 Å². The molecular formula is C21H20N4O3S. The summed E-state index contributed by atoms with van der Waals surface area (Å²) in [6.45, 7) is 7.63. The third-order valence-corrected chi connectivity index (χ3v) is 5.00. The summed E-state index contributed by atoms with van der Waals surface area (Å²) in [6, 6.07) is 8.77. The van der Waals surface area contributed by atoms with Gasteiger partial charge in [0.1, 0.15) is 5.57 Å². The number of primary amides is 1. The molecule has 29 heavy (non-hydrogen) atoms. The van der Waals surface area contributed by atoms with Gasteiger partial charge in [-0.2, -0.15) is 0 Å². The molecule has 3 rings (SSSR count). The minimum Gasteiger partial charge on any atom is -0.366 e. The van der Waals surface area contributed by atoms with E-state index < -0.39 is 17.7 Å². The third kappa shape index (κ3) is 3.74. The molecule has 0 bridgehead atoms. The van der Waals surface area contributed by atoms with Gasteiger partial charge in [0.2, 0.25) is 5.91 Å². The lowest BCUT2D eigenvalue weighted by Gasteiger charge is -2.27. The molecule has 0 spiro atoms. The normalized spacial score (nSPS) is 15.6. The van der Waals surface area contributed by atoms with Crippen molar-refractivity contribution in [2.45, 2.75) is 13.8 Å². The van der Waals surface area contributed by atoms with E-state index in [-0.39, 0.29) is 17.2 Å². The van der Waals surface area contributed by atoms with E-state index in [4.69, 9.17) is 18.0 Å². The van der Waals surface area contributed by atoms with Crippen molar-refractivity contribution in [3.05, 3.63) is 71.1 Å². The predicted octanol–water partition coefficient (Wildman–Crippen LogP) is 2.01. The van der Waals surface area contributed by atoms with Crippen LogP contribution in [0.3, 0.4) is 0 Å². The van der Waals surface area contributed by atoms with Crippen LogP contribution in [0.5, 0.6) is 0 Å². The van der Waals surface area contributed by atoms with Crippen LogP contribution in [0.4, 0.5) is 0 Å². The fourth-order valence-corrected chi connectivity index (χ4v) is 3.50. The topological polar surface area (TPSA) is 97.4 Å². The molecule has 0 saturated carbocycles. The first-order valence-electron chi connectivity index (χ1n) is 8.83. The number of amides is 3. The molecule has 0 atom stereocenters. The summed E-state index contributed by atoms with van der Waals surface area (Å²) in [5.74, 6) is -1.49. The average molecular weight is 408 g/mol. The van der Waals surface area contributed by atoms with Gasteiger partial charge in [-0.05, 0) is 68.0 Å². The molecule has 3 amide bonds. The standard InChI is InChI=1S/C21H20N4O3S/c1-4-9-24-20(28)17(19(27)23-21(24)29)11-15-10-12(2)25(13(15)3)16-7-5-14(6-8-16)18(22)26/h4-8,10-11H,1,9H2,2-3H3,(H2,22,26)(H,23,27,29)/b17-11+. The first-order chi connectivity index (χ1) is 13.7. The van der Waals surface area contributed by atoms with Crippen molar-refractivity contribution in [2.75, 3.05) is 6.54 Å². The minimum atomic E-state index is -0.532.